The van der Waals surface area contributed by atoms with E-state index in [1.807, 2.05) is 61.8 Å². The van der Waals surface area contributed by atoms with Gasteiger partial charge in [-0.25, -0.2) is 9.97 Å². The van der Waals surface area contributed by atoms with Crippen molar-refractivity contribution in [2.75, 3.05) is 12.4 Å². The zero-order valence-corrected chi connectivity index (χ0v) is 18.4. The van der Waals surface area contributed by atoms with Gasteiger partial charge >= 0.3 is 0 Å². The minimum Gasteiger partial charge on any atom is -0.337 e. The molecule has 0 radical (unpaired) electrons. The number of hydrogen-bond acceptors (Lipinski definition) is 4. The van der Waals surface area contributed by atoms with Crippen molar-refractivity contribution in [1.82, 2.24) is 19.7 Å². The summed E-state index contributed by atoms with van der Waals surface area (Å²) in [5.41, 5.74) is 7.20. The highest BCUT2D eigenvalue weighted by Gasteiger charge is 2.17. The van der Waals surface area contributed by atoms with Gasteiger partial charge < -0.3 is 10.6 Å². The van der Waals surface area contributed by atoms with Crippen molar-refractivity contribution in [1.29, 1.82) is 0 Å². The minimum absolute atomic E-state index is 0.748. The maximum atomic E-state index is 4.83. The first-order chi connectivity index (χ1) is 15.7. The first-order valence-corrected chi connectivity index (χ1v) is 11.1. The molecule has 0 atom stereocenters. The number of nitrogens with zero attached hydrogens (tertiary/aromatic N) is 3. The molecule has 2 N–H and O–H groups in total. The maximum absolute atomic E-state index is 4.83. The summed E-state index contributed by atoms with van der Waals surface area (Å²) in [4.78, 5) is 9.53. The Hall–Kier alpha value is -3.70. The van der Waals surface area contributed by atoms with Gasteiger partial charge in [0.15, 0.2) is 11.5 Å². The molecule has 1 saturated carbocycles. The Morgan fingerprint density at radius 3 is 2.28 bits per heavy atom. The molecule has 2 heterocycles. The SMILES string of the molecule is CNC1CC1.Cc1ccc(-c2cnc3c(Nc4ccccc4)nc4ccccc4n23)cc1. The van der Waals surface area contributed by atoms with Crippen molar-refractivity contribution in [3.05, 3.63) is 90.6 Å². The summed E-state index contributed by atoms with van der Waals surface area (Å²) < 4.78 is 2.18. The summed E-state index contributed by atoms with van der Waals surface area (Å²) >= 11 is 0. The molecular weight excluding hydrogens is 394 g/mol. The Kier molecular flexibility index (Phi) is 5.57. The molecule has 5 nitrogen and oxygen atoms in total. The third-order valence-electron chi connectivity index (χ3n) is 5.70. The van der Waals surface area contributed by atoms with Gasteiger partial charge in [-0.2, -0.15) is 0 Å². The lowest BCUT2D eigenvalue weighted by Gasteiger charge is -2.11. The molecule has 1 fully saturated rings. The van der Waals surface area contributed by atoms with Crippen molar-refractivity contribution in [2.45, 2.75) is 25.8 Å². The second-order valence-corrected chi connectivity index (χ2v) is 8.17. The molecule has 3 aromatic carbocycles. The van der Waals surface area contributed by atoms with E-state index in [1.165, 1.54) is 18.4 Å². The normalized spacial score (nSPS) is 13.1. The number of nitrogens with one attached hydrogen (secondary N) is 2. The number of anilines is 2. The van der Waals surface area contributed by atoms with Gasteiger partial charge in [-0.05, 0) is 51.1 Å². The number of hydrogen-bond donors (Lipinski definition) is 2. The molecule has 1 aliphatic carbocycles. The fourth-order valence-electron chi connectivity index (χ4n) is 3.72. The van der Waals surface area contributed by atoms with Crippen LogP contribution in [0.5, 0.6) is 0 Å². The van der Waals surface area contributed by atoms with Crippen molar-refractivity contribution in [2.24, 2.45) is 0 Å². The molecule has 0 bridgehead atoms. The molecule has 1 aliphatic rings. The Bertz CT molecular complexity index is 1340. The molecule has 0 aliphatic heterocycles. The molecule has 0 amide bonds. The van der Waals surface area contributed by atoms with E-state index in [0.29, 0.717) is 0 Å². The first-order valence-electron chi connectivity index (χ1n) is 11.1. The molecule has 0 unspecified atom stereocenters. The molecule has 2 aromatic heterocycles. The third-order valence-corrected chi connectivity index (χ3v) is 5.70. The minimum atomic E-state index is 0.748. The summed E-state index contributed by atoms with van der Waals surface area (Å²) in [6.07, 6.45) is 4.72. The number of imidazole rings is 1. The Labute approximate surface area is 188 Å². The van der Waals surface area contributed by atoms with Crippen LogP contribution in [0.25, 0.3) is 27.9 Å². The second kappa shape index (κ2) is 8.81. The van der Waals surface area contributed by atoms with E-state index in [1.54, 1.807) is 0 Å². The van der Waals surface area contributed by atoms with Crippen LogP contribution in [0.15, 0.2) is 85.1 Å². The van der Waals surface area contributed by atoms with Crippen LogP contribution in [0.2, 0.25) is 0 Å². The van der Waals surface area contributed by atoms with Crippen LogP contribution in [-0.4, -0.2) is 27.5 Å². The monoisotopic (exact) mass is 421 g/mol. The molecule has 5 aromatic rings. The lowest BCUT2D eigenvalue weighted by molar-refractivity contribution is 0.811. The van der Waals surface area contributed by atoms with E-state index in [9.17, 15) is 0 Å². The number of aromatic nitrogens is 3. The van der Waals surface area contributed by atoms with Gasteiger partial charge in [-0.3, -0.25) is 4.40 Å². The molecular formula is C27H27N5. The second-order valence-electron chi connectivity index (χ2n) is 8.17. The number of fused-ring (bicyclic) bond motifs is 3. The Balaban J connectivity index is 0.000000383. The molecule has 160 valence electrons. The van der Waals surface area contributed by atoms with Crippen LogP contribution in [0.3, 0.4) is 0 Å². The average molecular weight is 422 g/mol. The van der Waals surface area contributed by atoms with Crippen LogP contribution in [0.1, 0.15) is 18.4 Å². The van der Waals surface area contributed by atoms with E-state index >= 15 is 0 Å². The maximum Gasteiger partial charge on any atom is 0.181 e. The van der Waals surface area contributed by atoms with Gasteiger partial charge in [0.2, 0.25) is 0 Å². The lowest BCUT2D eigenvalue weighted by atomic mass is 10.1. The Morgan fingerprint density at radius 1 is 0.875 bits per heavy atom. The van der Waals surface area contributed by atoms with E-state index in [4.69, 9.17) is 9.97 Å². The van der Waals surface area contributed by atoms with Crippen LogP contribution in [-0.2, 0) is 0 Å². The van der Waals surface area contributed by atoms with Crippen LogP contribution in [0.4, 0.5) is 11.5 Å². The quantitative estimate of drug-likeness (QED) is 0.375. The molecule has 5 heteroatoms. The topological polar surface area (TPSA) is 54.2 Å². The highest BCUT2D eigenvalue weighted by Crippen LogP contribution is 2.29. The van der Waals surface area contributed by atoms with Gasteiger partial charge in [0.25, 0.3) is 0 Å². The van der Waals surface area contributed by atoms with Gasteiger partial charge in [-0.15, -0.1) is 0 Å². The van der Waals surface area contributed by atoms with Crippen molar-refractivity contribution in [3.63, 3.8) is 0 Å². The van der Waals surface area contributed by atoms with E-state index in [-0.39, 0.29) is 0 Å². The number of benzene rings is 3. The molecule has 0 saturated heterocycles. The smallest absolute Gasteiger partial charge is 0.181 e. The number of aryl methyl sites for hydroxylation is 1. The number of rotatable bonds is 4. The van der Waals surface area contributed by atoms with Crippen LogP contribution < -0.4 is 10.6 Å². The van der Waals surface area contributed by atoms with Crippen molar-refractivity contribution in [3.8, 4) is 11.3 Å². The molecule has 32 heavy (non-hydrogen) atoms. The summed E-state index contributed by atoms with van der Waals surface area (Å²) in [5, 5.41) is 6.56. The van der Waals surface area contributed by atoms with Crippen LogP contribution >= 0.6 is 0 Å². The van der Waals surface area contributed by atoms with E-state index < -0.39 is 0 Å². The summed E-state index contributed by atoms with van der Waals surface area (Å²) in [6, 6.07) is 27.6. The Morgan fingerprint density at radius 2 is 1.59 bits per heavy atom. The van der Waals surface area contributed by atoms with Crippen molar-refractivity contribution >= 4 is 28.2 Å². The fraction of sp³-hybridized carbons (Fsp3) is 0.185. The summed E-state index contributed by atoms with van der Waals surface area (Å²) in [7, 11) is 2.01. The summed E-state index contributed by atoms with van der Waals surface area (Å²) in [6.45, 7) is 2.10. The third kappa shape index (κ3) is 4.20. The predicted molar refractivity (Wildman–Crippen MR) is 132 cm³/mol. The predicted octanol–water partition coefficient (Wildman–Crippen LogP) is 5.97. The highest BCUT2D eigenvalue weighted by atomic mass is 15.1. The van der Waals surface area contributed by atoms with E-state index in [0.717, 1.165) is 45.5 Å². The lowest BCUT2D eigenvalue weighted by Crippen LogP contribution is -2.06. The molecule has 6 rings (SSSR count). The van der Waals surface area contributed by atoms with Gasteiger partial charge in [0.1, 0.15) is 0 Å². The zero-order valence-electron chi connectivity index (χ0n) is 18.4. The molecule has 0 spiro atoms. The first kappa shape index (κ1) is 20.2. The van der Waals surface area contributed by atoms with Gasteiger partial charge in [0, 0.05) is 17.3 Å². The van der Waals surface area contributed by atoms with Gasteiger partial charge in [-0.1, -0.05) is 60.2 Å². The van der Waals surface area contributed by atoms with Crippen LogP contribution in [0, 0.1) is 6.92 Å². The number of para-hydroxylation sites is 3. The van der Waals surface area contributed by atoms with Crippen molar-refractivity contribution < 1.29 is 0 Å². The summed E-state index contributed by atoms with van der Waals surface area (Å²) in [5.74, 6) is 0.748. The highest BCUT2D eigenvalue weighted by molar-refractivity contribution is 5.87. The van der Waals surface area contributed by atoms with E-state index in [2.05, 4.69) is 52.3 Å². The standard InChI is InChI=1S/C23H18N4.C4H9N/c1-16-11-13-17(14-12-16)21-15-24-23-22(25-18-7-3-2-4-8-18)26-19-9-5-6-10-20(19)27(21)23;1-5-4-2-3-4/h2-15H,1H3,(H,25,26);4-5H,2-3H2,1H3. The average Bonchev–Trinajstić information content (AvgIpc) is 3.58. The fourth-order valence-corrected chi connectivity index (χ4v) is 3.72. The zero-order chi connectivity index (χ0) is 21.9. The van der Waals surface area contributed by atoms with Gasteiger partial charge in [0.05, 0.1) is 22.9 Å². The largest absolute Gasteiger partial charge is 0.337 e.